The van der Waals surface area contributed by atoms with E-state index in [4.69, 9.17) is 4.74 Å². The van der Waals surface area contributed by atoms with E-state index < -0.39 is 5.82 Å². The Balaban J connectivity index is 0.00000112. The number of pyridine rings is 1. The Morgan fingerprint density at radius 2 is 1.74 bits per heavy atom. The van der Waals surface area contributed by atoms with Crippen LogP contribution in [0.15, 0.2) is 71.9 Å². The Bertz CT molecular complexity index is 1340. The van der Waals surface area contributed by atoms with Crippen LogP contribution >= 0.6 is 15.9 Å². The smallest absolute Gasteiger partial charge is 0.158 e. The lowest BCUT2D eigenvalue weighted by Crippen LogP contribution is -1.98. The van der Waals surface area contributed by atoms with E-state index in [2.05, 4.69) is 41.3 Å². The third-order valence-electron chi connectivity index (χ3n) is 4.30. The summed E-state index contributed by atoms with van der Waals surface area (Å²) in [6.45, 7) is 4.00. The number of aromatic nitrogens is 5. The quantitative estimate of drug-likeness (QED) is 0.333. The van der Waals surface area contributed by atoms with Gasteiger partial charge in [-0.3, -0.25) is 0 Å². The summed E-state index contributed by atoms with van der Waals surface area (Å²) < 4.78 is 22.4. The monoisotopic (exact) mass is 480 g/mol. The highest BCUT2D eigenvalue weighted by atomic mass is 79.9. The zero-order chi connectivity index (χ0) is 21.8. The molecule has 0 saturated carbocycles. The molecule has 0 saturated heterocycles. The number of benzene rings is 2. The SMILES string of the molecule is CC.Fc1c(Br)ccc2ncnc(Nc3ccc(Oc4ccn5ncnc5c4)cc3)c12. The minimum absolute atomic E-state index is 0.323. The Morgan fingerprint density at radius 3 is 2.55 bits per heavy atom. The van der Waals surface area contributed by atoms with Crippen LogP contribution in [-0.2, 0) is 0 Å². The lowest BCUT2D eigenvalue weighted by molar-refractivity contribution is 0.482. The molecule has 2 aromatic carbocycles. The molecule has 0 bridgehead atoms. The first-order valence-electron chi connectivity index (χ1n) is 9.60. The van der Waals surface area contributed by atoms with Crippen LogP contribution in [0.4, 0.5) is 15.9 Å². The van der Waals surface area contributed by atoms with Gasteiger partial charge in [0, 0.05) is 18.0 Å². The Labute approximate surface area is 186 Å². The molecule has 7 nitrogen and oxygen atoms in total. The molecule has 3 heterocycles. The number of hydrogen-bond donors (Lipinski definition) is 1. The summed E-state index contributed by atoms with van der Waals surface area (Å²) in [7, 11) is 0. The van der Waals surface area contributed by atoms with Gasteiger partial charge >= 0.3 is 0 Å². The van der Waals surface area contributed by atoms with Gasteiger partial charge in [-0.25, -0.2) is 23.9 Å². The third-order valence-corrected chi connectivity index (χ3v) is 4.91. The largest absolute Gasteiger partial charge is 0.457 e. The zero-order valence-corrected chi connectivity index (χ0v) is 18.3. The summed E-state index contributed by atoms with van der Waals surface area (Å²) in [6, 6.07) is 14.2. The highest BCUT2D eigenvalue weighted by Crippen LogP contribution is 2.30. The highest BCUT2D eigenvalue weighted by Gasteiger charge is 2.12. The lowest BCUT2D eigenvalue weighted by Gasteiger charge is -2.11. The van der Waals surface area contributed by atoms with Gasteiger partial charge in [-0.15, -0.1) is 0 Å². The van der Waals surface area contributed by atoms with Crippen molar-refractivity contribution in [2.24, 2.45) is 0 Å². The minimum Gasteiger partial charge on any atom is -0.457 e. The standard InChI is InChI=1S/C20H12BrFN6O.C2H6/c21-15-5-6-16-18(19(15)22)20(25-10-23-16)27-12-1-3-13(4-2-12)29-14-7-8-28-17(9-14)24-11-26-28;1-2/h1-11H,(H,23,25,27);1-2H3. The van der Waals surface area contributed by atoms with Crippen molar-refractivity contribution in [3.8, 4) is 11.5 Å². The van der Waals surface area contributed by atoms with Gasteiger partial charge < -0.3 is 10.1 Å². The number of hydrogen-bond acceptors (Lipinski definition) is 6. The average molecular weight is 481 g/mol. The molecule has 0 aliphatic rings. The maximum Gasteiger partial charge on any atom is 0.158 e. The van der Waals surface area contributed by atoms with E-state index in [0.717, 1.165) is 5.69 Å². The molecule has 5 aromatic rings. The van der Waals surface area contributed by atoms with Gasteiger partial charge in [0.2, 0.25) is 0 Å². The summed E-state index contributed by atoms with van der Waals surface area (Å²) in [4.78, 5) is 12.4. The van der Waals surface area contributed by atoms with E-state index in [0.29, 0.717) is 38.3 Å². The third kappa shape index (κ3) is 4.31. The van der Waals surface area contributed by atoms with Crippen LogP contribution in [0.3, 0.4) is 0 Å². The van der Waals surface area contributed by atoms with Gasteiger partial charge in [0.1, 0.15) is 30.0 Å². The van der Waals surface area contributed by atoms with E-state index in [1.54, 1.807) is 28.9 Å². The van der Waals surface area contributed by atoms with Crippen LogP contribution < -0.4 is 10.1 Å². The summed E-state index contributed by atoms with van der Waals surface area (Å²) in [6.07, 6.45) is 4.66. The van der Waals surface area contributed by atoms with Gasteiger partial charge in [0.15, 0.2) is 11.5 Å². The van der Waals surface area contributed by atoms with Crippen molar-refractivity contribution in [1.29, 1.82) is 0 Å². The van der Waals surface area contributed by atoms with Crippen LogP contribution in [0.1, 0.15) is 13.8 Å². The molecule has 3 aromatic heterocycles. The Morgan fingerprint density at radius 1 is 0.935 bits per heavy atom. The molecule has 0 atom stereocenters. The number of nitrogens with one attached hydrogen (secondary N) is 1. The van der Waals surface area contributed by atoms with E-state index in [-0.39, 0.29) is 0 Å². The Kier molecular flexibility index (Phi) is 6.03. The van der Waals surface area contributed by atoms with Gasteiger partial charge in [0.25, 0.3) is 0 Å². The molecule has 0 amide bonds. The summed E-state index contributed by atoms with van der Waals surface area (Å²) >= 11 is 3.20. The van der Waals surface area contributed by atoms with Gasteiger partial charge in [-0.1, -0.05) is 13.8 Å². The van der Waals surface area contributed by atoms with Crippen molar-refractivity contribution >= 4 is 44.0 Å². The molecule has 0 fully saturated rings. The Hall–Kier alpha value is -3.59. The first kappa shape index (κ1) is 20.7. The maximum atomic E-state index is 14.6. The maximum absolute atomic E-state index is 14.6. The first-order valence-corrected chi connectivity index (χ1v) is 10.4. The van der Waals surface area contributed by atoms with Crippen molar-refractivity contribution in [2.75, 3.05) is 5.32 Å². The van der Waals surface area contributed by atoms with Crippen molar-refractivity contribution < 1.29 is 9.13 Å². The van der Waals surface area contributed by atoms with Crippen LogP contribution in [0.2, 0.25) is 0 Å². The van der Waals surface area contributed by atoms with Gasteiger partial charge in [-0.2, -0.15) is 5.10 Å². The van der Waals surface area contributed by atoms with Crippen molar-refractivity contribution in [1.82, 2.24) is 24.6 Å². The lowest BCUT2D eigenvalue weighted by atomic mass is 10.2. The summed E-state index contributed by atoms with van der Waals surface area (Å²) in [5.41, 5.74) is 1.96. The van der Waals surface area contributed by atoms with E-state index >= 15 is 0 Å². The molecule has 0 spiro atoms. The molecule has 0 aliphatic heterocycles. The molecule has 0 aliphatic carbocycles. The molecule has 31 heavy (non-hydrogen) atoms. The fourth-order valence-electron chi connectivity index (χ4n) is 2.92. The molecular formula is C22H18BrFN6O. The summed E-state index contributed by atoms with van der Waals surface area (Å²) in [5.74, 6) is 1.29. The fraction of sp³-hybridized carbons (Fsp3) is 0.0909. The molecule has 1 N–H and O–H groups in total. The number of rotatable bonds is 4. The fourth-order valence-corrected chi connectivity index (χ4v) is 3.25. The molecule has 0 radical (unpaired) electrons. The highest BCUT2D eigenvalue weighted by molar-refractivity contribution is 9.10. The number of fused-ring (bicyclic) bond motifs is 2. The molecule has 0 unspecified atom stereocenters. The molecule has 156 valence electrons. The van der Waals surface area contributed by atoms with Crippen LogP contribution in [-0.4, -0.2) is 24.6 Å². The molecule has 5 rings (SSSR count). The predicted molar refractivity (Wildman–Crippen MR) is 121 cm³/mol. The van der Waals surface area contributed by atoms with Crippen LogP contribution in [0.5, 0.6) is 11.5 Å². The normalized spacial score (nSPS) is 10.6. The topological polar surface area (TPSA) is 77.2 Å². The van der Waals surface area contributed by atoms with E-state index in [1.807, 2.05) is 44.2 Å². The first-order chi connectivity index (χ1) is 15.2. The average Bonchev–Trinajstić information content (AvgIpc) is 3.27. The van der Waals surface area contributed by atoms with Crippen molar-refractivity contribution in [3.05, 3.63) is 77.7 Å². The summed E-state index contributed by atoms with van der Waals surface area (Å²) in [5, 5.41) is 7.51. The van der Waals surface area contributed by atoms with E-state index in [9.17, 15) is 4.39 Å². The van der Waals surface area contributed by atoms with Crippen LogP contribution in [0, 0.1) is 5.82 Å². The van der Waals surface area contributed by atoms with Gasteiger partial charge in [-0.05, 0) is 58.4 Å². The van der Waals surface area contributed by atoms with E-state index in [1.165, 1.54) is 12.7 Å². The predicted octanol–water partition coefficient (Wildman–Crippen LogP) is 6.14. The number of nitrogens with zero attached hydrogens (tertiary/aromatic N) is 5. The van der Waals surface area contributed by atoms with Crippen LogP contribution in [0.25, 0.3) is 16.6 Å². The minimum atomic E-state index is -0.408. The number of anilines is 2. The number of halogens is 2. The van der Waals surface area contributed by atoms with Gasteiger partial charge in [0.05, 0.1) is 15.4 Å². The second kappa shape index (κ2) is 9.05. The second-order valence-electron chi connectivity index (χ2n) is 6.15. The molecular weight excluding hydrogens is 463 g/mol. The number of ether oxygens (including phenoxy) is 1. The second-order valence-corrected chi connectivity index (χ2v) is 7.01. The van der Waals surface area contributed by atoms with Crippen molar-refractivity contribution in [2.45, 2.75) is 13.8 Å². The molecule has 9 heteroatoms. The zero-order valence-electron chi connectivity index (χ0n) is 16.8. The van der Waals surface area contributed by atoms with Crippen molar-refractivity contribution in [3.63, 3.8) is 0 Å².